The number of methoxy groups -OCH3 is 1. The van der Waals surface area contributed by atoms with E-state index in [1.807, 2.05) is 11.9 Å². The van der Waals surface area contributed by atoms with Gasteiger partial charge in [-0.3, -0.25) is 14.3 Å². The van der Waals surface area contributed by atoms with Crippen molar-refractivity contribution in [2.24, 2.45) is 7.05 Å². The lowest BCUT2D eigenvalue weighted by atomic mass is 10.0. The highest BCUT2D eigenvalue weighted by molar-refractivity contribution is 5.95. The number of amides is 1. The van der Waals surface area contributed by atoms with Crippen LogP contribution in [0.15, 0.2) is 30.7 Å². The topological polar surface area (TPSA) is 93.5 Å². The number of ether oxygens (including phenoxy) is 1. The van der Waals surface area contributed by atoms with E-state index in [1.165, 1.54) is 6.92 Å². The Balaban J connectivity index is 1.45. The first-order chi connectivity index (χ1) is 14.5. The van der Waals surface area contributed by atoms with Gasteiger partial charge in [0.25, 0.3) is 0 Å². The number of hydrogen-bond donors (Lipinski definition) is 0. The Bertz CT molecular complexity index is 1100. The fourth-order valence-electron chi connectivity index (χ4n) is 3.78. The van der Waals surface area contributed by atoms with Gasteiger partial charge in [0.15, 0.2) is 11.4 Å². The number of fused-ring (bicyclic) bond motifs is 1. The Morgan fingerprint density at radius 3 is 2.60 bits per heavy atom. The molecule has 9 heteroatoms. The fourth-order valence-corrected chi connectivity index (χ4v) is 3.78. The van der Waals surface area contributed by atoms with Gasteiger partial charge in [-0.05, 0) is 25.1 Å². The van der Waals surface area contributed by atoms with Gasteiger partial charge in [-0.15, -0.1) is 0 Å². The maximum absolute atomic E-state index is 12.9. The molecule has 0 N–H and O–H groups in total. The second-order valence-corrected chi connectivity index (χ2v) is 7.33. The Kier molecular flexibility index (Phi) is 5.35. The van der Waals surface area contributed by atoms with Gasteiger partial charge < -0.3 is 14.5 Å². The standard InChI is InChI=1S/C21H24N6O3/c1-14(28)15-4-5-18(30-3)16(10-15)11-19(29)26-6-8-27(9-7-26)21-17-12-24-25(2)20(17)22-13-23-21/h4-5,10,12-13H,6-9,11H2,1-3H3. The molecule has 1 aromatic carbocycles. The molecule has 0 radical (unpaired) electrons. The van der Waals surface area contributed by atoms with Crippen LogP contribution in [0.1, 0.15) is 22.8 Å². The van der Waals surface area contributed by atoms with E-state index in [-0.39, 0.29) is 18.1 Å². The first kappa shape index (κ1) is 19.8. The number of Topliss-reactive ketones (excluding diaryl/α,β-unsaturated/α-hetero) is 1. The van der Waals surface area contributed by atoms with Gasteiger partial charge in [-0.25, -0.2) is 9.97 Å². The lowest BCUT2D eigenvalue weighted by molar-refractivity contribution is -0.130. The summed E-state index contributed by atoms with van der Waals surface area (Å²) in [5, 5.41) is 5.17. The quantitative estimate of drug-likeness (QED) is 0.590. The summed E-state index contributed by atoms with van der Waals surface area (Å²) in [7, 11) is 3.42. The van der Waals surface area contributed by atoms with Crippen LogP contribution in [0.2, 0.25) is 0 Å². The molecule has 0 unspecified atom stereocenters. The zero-order chi connectivity index (χ0) is 21.3. The Hall–Kier alpha value is -3.49. The average Bonchev–Trinajstić information content (AvgIpc) is 3.14. The highest BCUT2D eigenvalue weighted by atomic mass is 16.5. The molecule has 1 aliphatic heterocycles. The van der Waals surface area contributed by atoms with E-state index in [9.17, 15) is 9.59 Å². The smallest absolute Gasteiger partial charge is 0.227 e. The predicted molar refractivity (Wildman–Crippen MR) is 112 cm³/mol. The summed E-state index contributed by atoms with van der Waals surface area (Å²) >= 11 is 0. The van der Waals surface area contributed by atoms with Gasteiger partial charge >= 0.3 is 0 Å². The number of carbonyl (C=O) groups is 2. The number of carbonyl (C=O) groups excluding carboxylic acids is 2. The van der Waals surface area contributed by atoms with Crippen LogP contribution >= 0.6 is 0 Å². The van der Waals surface area contributed by atoms with Crippen molar-refractivity contribution in [2.75, 3.05) is 38.2 Å². The summed E-state index contributed by atoms with van der Waals surface area (Å²) in [5.74, 6) is 1.44. The van der Waals surface area contributed by atoms with E-state index in [2.05, 4.69) is 20.0 Å². The zero-order valence-electron chi connectivity index (χ0n) is 17.3. The second-order valence-electron chi connectivity index (χ2n) is 7.33. The van der Waals surface area contributed by atoms with E-state index < -0.39 is 0 Å². The summed E-state index contributed by atoms with van der Waals surface area (Å²) in [6.07, 6.45) is 3.52. The van der Waals surface area contributed by atoms with Crippen LogP contribution in [-0.2, 0) is 18.3 Å². The number of ketones is 1. The molecular formula is C21H24N6O3. The number of hydrogen-bond acceptors (Lipinski definition) is 7. The number of benzene rings is 1. The number of rotatable bonds is 5. The third-order valence-corrected chi connectivity index (χ3v) is 5.47. The fraction of sp³-hybridized carbons (Fsp3) is 0.381. The SMILES string of the molecule is COc1ccc(C(C)=O)cc1CC(=O)N1CCN(c2ncnc3c2cnn3C)CC1. The number of aryl methyl sites for hydroxylation is 1. The van der Waals surface area contributed by atoms with Crippen LogP contribution in [0, 0.1) is 0 Å². The Morgan fingerprint density at radius 2 is 1.90 bits per heavy atom. The minimum absolute atomic E-state index is 0.0165. The van der Waals surface area contributed by atoms with Crippen molar-refractivity contribution < 1.29 is 14.3 Å². The molecule has 1 aliphatic rings. The highest BCUT2D eigenvalue weighted by Crippen LogP contribution is 2.24. The molecule has 3 heterocycles. The zero-order valence-corrected chi connectivity index (χ0v) is 17.3. The van der Waals surface area contributed by atoms with Crippen molar-refractivity contribution in [3.63, 3.8) is 0 Å². The van der Waals surface area contributed by atoms with Crippen LogP contribution in [-0.4, -0.2) is 69.6 Å². The lowest BCUT2D eigenvalue weighted by Crippen LogP contribution is -2.49. The molecule has 3 aromatic rings. The van der Waals surface area contributed by atoms with Gasteiger partial charge in [0.05, 0.1) is 25.1 Å². The molecule has 2 aromatic heterocycles. The van der Waals surface area contributed by atoms with Crippen molar-refractivity contribution in [1.82, 2.24) is 24.6 Å². The van der Waals surface area contributed by atoms with Crippen LogP contribution in [0.5, 0.6) is 5.75 Å². The molecular weight excluding hydrogens is 384 g/mol. The maximum atomic E-state index is 12.9. The van der Waals surface area contributed by atoms with Crippen LogP contribution < -0.4 is 9.64 Å². The van der Waals surface area contributed by atoms with Crippen LogP contribution in [0.3, 0.4) is 0 Å². The predicted octanol–water partition coefficient (Wildman–Crippen LogP) is 1.47. The average molecular weight is 408 g/mol. The highest BCUT2D eigenvalue weighted by Gasteiger charge is 2.24. The summed E-state index contributed by atoms with van der Waals surface area (Å²) in [6.45, 7) is 4.06. The van der Waals surface area contributed by atoms with E-state index in [1.54, 1.807) is 42.5 Å². The van der Waals surface area contributed by atoms with Gasteiger partial charge in [-0.2, -0.15) is 5.10 Å². The molecule has 0 atom stereocenters. The van der Waals surface area contributed by atoms with Gasteiger partial charge in [0, 0.05) is 44.4 Å². The first-order valence-corrected chi connectivity index (χ1v) is 9.81. The summed E-state index contributed by atoms with van der Waals surface area (Å²) in [6, 6.07) is 5.20. The van der Waals surface area contributed by atoms with Gasteiger partial charge in [0.2, 0.25) is 5.91 Å². The number of piperazine rings is 1. The molecule has 0 aliphatic carbocycles. The van der Waals surface area contributed by atoms with E-state index in [4.69, 9.17) is 4.74 Å². The molecule has 1 fully saturated rings. The number of nitrogens with zero attached hydrogens (tertiary/aromatic N) is 6. The molecule has 4 rings (SSSR count). The second kappa shape index (κ2) is 8.10. The van der Waals surface area contributed by atoms with Crippen molar-refractivity contribution in [1.29, 1.82) is 0 Å². The lowest BCUT2D eigenvalue weighted by Gasteiger charge is -2.35. The van der Waals surface area contributed by atoms with Crippen molar-refractivity contribution in [3.8, 4) is 5.75 Å². The van der Waals surface area contributed by atoms with E-state index >= 15 is 0 Å². The molecule has 9 nitrogen and oxygen atoms in total. The Labute approximate surface area is 174 Å². The summed E-state index contributed by atoms with van der Waals surface area (Å²) in [5.41, 5.74) is 2.09. The summed E-state index contributed by atoms with van der Waals surface area (Å²) < 4.78 is 7.10. The molecule has 30 heavy (non-hydrogen) atoms. The van der Waals surface area contributed by atoms with E-state index in [0.29, 0.717) is 37.5 Å². The van der Waals surface area contributed by atoms with Crippen LogP contribution in [0.25, 0.3) is 11.0 Å². The third-order valence-electron chi connectivity index (χ3n) is 5.47. The van der Waals surface area contributed by atoms with Crippen LogP contribution in [0.4, 0.5) is 5.82 Å². The maximum Gasteiger partial charge on any atom is 0.227 e. The van der Waals surface area contributed by atoms with Crippen molar-refractivity contribution in [2.45, 2.75) is 13.3 Å². The number of anilines is 1. The minimum Gasteiger partial charge on any atom is -0.496 e. The van der Waals surface area contributed by atoms with Crippen molar-refractivity contribution in [3.05, 3.63) is 41.9 Å². The Morgan fingerprint density at radius 1 is 1.13 bits per heavy atom. The molecule has 1 saturated heterocycles. The van der Waals surface area contributed by atoms with E-state index in [0.717, 1.165) is 22.4 Å². The molecule has 0 bridgehead atoms. The molecule has 1 amide bonds. The molecule has 0 spiro atoms. The van der Waals surface area contributed by atoms with Gasteiger partial charge in [-0.1, -0.05) is 0 Å². The summed E-state index contributed by atoms with van der Waals surface area (Å²) in [4.78, 5) is 37.3. The minimum atomic E-state index is -0.0356. The third kappa shape index (κ3) is 3.70. The monoisotopic (exact) mass is 408 g/mol. The molecule has 0 saturated carbocycles. The molecule has 156 valence electrons. The first-order valence-electron chi connectivity index (χ1n) is 9.81. The van der Waals surface area contributed by atoms with Crippen molar-refractivity contribution >= 4 is 28.5 Å². The normalized spacial score (nSPS) is 14.2. The number of aromatic nitrogens is 4. The van der Waals surface area contributed by atoms with Gasteiger partial charge in [0.1, 0.15) is 17.9 Å². The largest absolute Gasteiger partial charge is 0.496 e.